The van der Waals surface area contributed by atoms with Crippen LogP contribution in [-0.2, 0) is 29.7 Å². The molecule has 4 fully saturated rings. The monoisotopic (exact) mass is 488 g/mol. The fourth-order valence-corrected chi connectivity index (χ4v) is 11.7. The lowest BCUT2D eigenvalue weighted by Gasteiger charge is -2.43. The highest BCUT2D eigenvalue weighted by Crippen LogP contribution is 2.37. The molecule has 0 bridgehead atoms. The van der Waals surface area contributed by atoms with Crippen molar-refractivity contribution in [3.05, 3.63) is 29.8 Å². The van der Waals surface area contributed by atoms with E-state index in [2.05, 4.69) is 5.32 Å². The second kappa shape index (κ2) is 7.51. The first-order valence-electron chi connectivity index (χ1n) is 10.9. The Morgan fingerprint density at radius 2 is 1.29 bits per heavy atom. The van der Waals surface area contributed by atoms with Crippen LogP contribution in [0, 0.1) is 0 Å². The van der Waals surface area contributed by atoms with Crippen molar-refractivity contribution in [2.24, 2.45) is 0 Å². The molecule has 8 nitrogen and oxygen atoms in total. The second-order valence-electron chi connectivity index (χ2n) is 9.41. The van der Waals surface area contributed by atoms with Crippen LogP contribution in [0.25, 0.3) is 0 Å². The minimum atomic E-state index is -4.05. The molecule has 0 aromatic heterocycles. The van der Waals surface area contributed by atoms with Crippen molar-refractivity contribution in [2.75, 3.05) is 23.0 Å². The maximum absolute atomic E-state index is 13.7. The van der Waals surface area contributed by atoms with Gasteiger partial charge in [0.1, 0.15) is 0 Å². The van der Waals surface area contributed by atoms with Gasteiger partial charge in [-0.1, -0.05) is 31.4 Å². The summed E-state index contributed by atoms with van der Waals surface area (Å²) < 4.78 is 77.8. The molecule has 0 radical (unpaired) electrons. The Kier molecular flexibility index (Phi) is 5.29. The second-order valence-corrected chi connectivity index (χ2v) is 15.6. The number of sulfone groups is 2. The third kappa shape index (κ3) is 3.96. The average Bonchev–Trinajstić information content (AvgIpc) is 3.18. The van der Waals surface area contributed by atoms with Crippen molar-refractivity contribution in [1.29, 1.82) is 0 Å². The van der Waals surface area contributed by atoms with E-state index in [1.807, 2.05) is 12.1 Å². The molecule has 1 aliphatic carbocycles. The molecule has 172 valence electrons. The zero-order valence-electron chi connectivity index (χ0n) is 17.2. The van der Waals surface area contributed by atoms with Crippen LogP contribution in [0.3, 0.4) is 0 Å². The first-order chi connectivity index (χ1) is 14.6. The summed E-state index contributed by atoms with van der Waals surface area (Å²) >= 11 is 0. The Morgan fingerprint density at radius 3 is 1.81 bits per heavy atom. The van der Waals surface area contributed by atoms with Crippen molar-refractivity contribution in [2.45, 2.75) is 67.1 Å². The van der Waals surface area contributed by atoms with Crippen LogP contribution >= 0.6 is 0 Å². The van der Waals surface area contributed by atoms with Crippen LogP contribution in [0.4, 0.5) is 0 Å². The molecule has 4 atom stereocenters. The molecule has 31 heavy (non-hydrogen) atoms. The predicted octanol–water partition coefficient (Wildman–Crippen LogP) is 0.659. The lowest BCUT2D eigenvalue weighted by Crippen LogP contribution is -2.67. The smallest absolute Gasteiger partial charge is 0.243 e. The Hall–Kier alpha value is -1.01. The molecular weight excluding hydrogens is 460 g/mol. The number of nitrogens with zero attached hydrogens (tertiary/aromatic N) is 1. The van der Waals surface area contributed by atoms with Crippen molar-refractivity contribution in [3.63, 3.8) is 0 Å². The van der Waals surface area contributed by atoms with Crippen molar-refractivity contribution >= 4 is 29.7 Å². The van der Waals surface area contributed by atoms with Crippen LogP contribution in [0.2, 0.25) is 0 Å². The Morgan fingerprint density at radius 1 is 0.774 bits per heavy atom. The Balaban J connectivity index is 1.50. The molecule has 3 aliphatic heterocycles. The highest BCUT2D eigenvalue weighted by molar-refractivity contribution is 7.92. The minimum absolute atomic E-state index is 0.0973. The van der Waals surface area contributed by atoms with E-state index in [4.69, 9.17) is 0 Å². The first-order valence-corrected chi connectivity index (χ1v) is 15.9. The molecule has 0 spiro atoms. The van der Waals surface area contributed by atoms with Crippen LogP contribution in [-0.4, -0.2) is 76.7 Å². The molecule has 1 aromatic carbocycles. The molecule has 0 amide bonds. The summed E-state index contributed by atoms with van der Waals surface area (Å²) in [5, 5.41) is 3.13. The van der Waals surface area contributed by atoms with E-state index in [0.717, 1.165) is 18.4 Å². The van der Waals surface area contributed by atoms with E-state index in [1.54, 1.807) is 12.1 Å². The molecule has 4 aliphatic rings. The van der Waals surface area contributed by atoms with Crippen LogP contribution < -0.4 is 5.32 Å². The molecule has 0 unspecified atom stereocenters. The number of rotatable bonds is 3. The van der Waals surface area contributed by atoms with Crippen LogP contribution in [0.15, 0.2) is 29.2 Å². The van der Waals surface area contributed by atoms with Gasteiger partial charge in [-0.05, 0) is 36.5 Å². The van der Waals surface area contributed by atoms with E-state index in [9.17, 15) is 25.3 Å². The van der Waals surface area contributed by atoms with Crippen molar-refractivity contribution < 1.29 is 25.3 Å². The standard InChI is InChI=1S/C20H28N2O6S3/c23-29(24)10-17-19(12-29)22(20-13-30(25,26)11-18(20)21-17)31(27,28)16-8-6-15(7-9-16)14-4-2-1-3-5-14/h6-9,14,17-21H,1-5,10-13H2/t17-,18+,19-,20-/m1/s1. The summed E-state index contributed by atoms with van der Waals surface area (Å²) in [6, 6.07) is 4.15. The lowest BCUT2D eigenvalue weighted by atomic mass is 9.84. The largest absolute Gasteiger partial charge is 0.306 e. The molecule has 11 heteroatoms. The van der Waals surface area contributed by atoms with Gasteiger partial charge in [0.25, 0.3) is 0 Å². The summed E-state index contributed by atoms with van der Waals surface area (Å²) in [7, 11) is -10.9. The SMILES string of the molecule is O=S1(=O)C[C@@H]2N[C@@H]3CS(=O)(=O)C[C@H]3N(S(=O)(=O)c3ccc(C4CCCCC4)cc3)[C@@H]2C1. The van der Waals surface area contributed by atoms with Gasteiger partial charge in [0, 0.05) is 12.1 Å². The number of benzene rings is 1. The van der Waals surface area contributed by atoms with Crippen LogP contribution in [0.5, 0.6) is 0 Å². The molecule has 3 saturated heterocycles. The third-order valence-corrected chi connectivity index (χ3v) is 12.7. The minimum Gasteiger partial charge on any atom is -0.306 e. The summed E-state index contributed by atoms with van der Waals surface area (Å²) in [6.45, 7) is 0. The van der Waals surface area contributed by atoms with E-state index >= 15 is 0 Å². The molecule has 1 saturated carbocycles. The van der Waals surface area contributed by atoms with Gasteiger partial charge in [-0.2, -0.15) is 4.31 Å². The lowest BCUT2D eigenvalue weighted by molar-refractivity contribution is 0.160. The zero-order valence-corrected chi connectivity index (χ0v) is 19.6. The van der Waals surface area contributed by atoms with Gasteiger partial charge < -0.3 is 5.32 Å². The quantitative estimate of drug-likeness (QED) is 0.664. The molecule has 3 heterocycles. The molecule has 5 rings (SSSR count). The van der Waals surface area contributed by atoms with Gasteiger partial charge in [-0.3, -0.25) is 0 Å². The highest BCUT2D eigenvalue weighted by Gasteiger charge is 2.57. The summed E-state index contributed by atoms with van der Waals surface area (Å²) in [6.07, 6.45) is 5.81. The van der Waals surface area contributed by atoms with Gasteiger partial charge >= 0.3 is 0 Å². The summed E-state index contributed by atoms with van der Waals surface area (Å²) in [4.78, 5) is 0.0973. The fraction of sp³-hybridized carbons (Fsp3) is 0.700. The number of hydrogen-bond acceptors (Lipinski definition) is 7. The summed E-state index contributed by atoms with van der Waals surface area (Å²) in [5.41, 5.74) is 1.13. The number of hydrogen-bond donors (Lipinski definition) is 1. The fourth-order valence-electron chi connectivity index (χ4n) is 5.83. The summed E-state index contributed by atoms with van der Waals surface area (Å²) in [5.74, 6) is -0.472. The van der Waals surface area contributed by atoms with Gasteiger partial charge in [-0.25, -0.2) is 25.3 Å². The van der Waals surface area contributed by atoms with Gasteiger partial charge in [0.05, 0.1) is 40.0 Å². The van der Waals surface area contributed by atoms with Gasteiger partial charge in [-0.15, -0.1) is 0 Å². The zero-order chi connectivity index (χ0) is 22.0. The van der Waals surface area contributed by atoms with E-state index in [-0.39, 0.29) is 27.9 Å². The maximum atomic E-state index is 13.7. The third-order valence-electron chi connectivity index (χ3n) is 7.26. The maximum Gasteiger partial charge on any atom is 0.243 e. The topological polar surface area (TPSA) is 118 Å². The van der Waals surface area contributed by atoms with Gasteiger partial charge in [0.2, 0.25) is 10.0 Å². The van der Waals surface area contributed by atoms with Crippen molar-refractivity contribution in [1.82, 2.24) is 9.62 Å². The number of nitrogens with one attached hydrogen (secondary N) is 1. The van der Waals surface area contributed by atoms with Gasteiger partial charge in [0.15, 0.2) is 19.7 Å². The van der Waals surface area contributed by atoms with E-state index < -0.39 is 53.9 Å². The number of sulfonamides is 1. The normalized spacial score (nSPS) is 35.5. The average molecular weight is 489 g/mol. The first kappa shape index (κ1) is 21.8. The molecular formula is C20H28N2O6S3. The van der Waals surface area contributed by atoms with E-state index in [0.29, 0.717) is 5.92 Å². The number of piperazine rings is 1. The Bertz CT molecular complexity index is 1120. The van der Waals surface area contributed by atoms with E-state index in [1.165, 1.54) is 23.6 Å². The molecule has 1 N–H and O–H groups in total. The van der Waals surface area contributed by atoms with Crippen molar-refractivity contribution in [3.8, 4) is 0 Å². The van der Waals surface area contributed by atoms with Crippen LogP contribution in [0.1, 0.15) is 43.6 Å². The predicted molar refractivity (Wildman–Crippen MR) is 117 cm³/mol. The Labute approximate surface area is 184 Å². The number of fused-ring (bicyclic) bond motifs is 2. The molecule has 1 aromatic rings. The highest BCUT2D eigenvalue weighted by atomic mass is 32.2.